The van der Waals surface area contributed by atoms with Crippen molar-refractivity contribution in [3.8, 4) is 12.3 Å². The summed E-state index contributed by atoms with van der Waals surface area (Å²) in [4.78, 5) is 2.25. The van der Waals surface area contributed by atoms with Crippen molar-refractivity contribution in [1.82, 2.24) is 0 Å². The Morgan fingerprint density at radius 3 is 3.08 bits per heavy atom. The molecule has 0 N–H and O–H groups in total. The average Bonchev–Trinajstić information content (AvgIpc) is 2.47. The lowest BCUT2D eigenvalue weighted by molar-refractivity contribution is 0.956. The molecule has 1 aromatic carbocycles. The molecular weight excluding hydrogens is 146 g/mol. The van der Waals surface area contributed by atoms with Crippen molar-refractivity contribution in [1.29, 1.82) is 0 Å². The summed E-state index contributed by atoms with van der Waals surface area (Å²) in [6.07, 6.45) is 6.47. The second-order valence-corrected chi connectivity index (χ2v) is 3.16. The fraction of sp³-hybridized carbons (Fsp3) is 0.273. The maximum Gasteiger partial charge on any atom is 0.0409 e. The molecule has 0 unspecified atom stereocenters. The normalized spacial score (nSPS) is 14.2. The summed E-state index contributed by atoms with van der Waals surface area (Å²) in [6, 6.07) is 6.23. The zero-order valence-corrected chi connectivity index (χ0v) is 7.17. The molecule has 1 heterocycles. The van der Waals surface area contributed by atoms with Gasteiger partial charge in [0.15, 0.2) is 0 Å². The van der Waals surface area contributed by atoms with Crippen LogP contribution in [0, 0.1) is 12.3 Å². The molecule has 60 valence electrons. The Kier molecular flexibility index (Phi) is 1.55. The molecule has 1 heteroatoms. The third-order valence-corrected chi connectivity index (χ3v) is 2.38. The van der Waals surface area contributed by atoms with Crippen molar-refractivity contribution in [3.05, 3.63) is 29.3 Å². The summed E-state index contributed by atoms with van der Waals surface area (Å²) in [5.74, 6) is 2.65. The van der Waals surface area contributed by atoms with Gasteiger partial charge in [-0.05, 0) is 24.1 Å². The van der Waals surface area contributed by atoms with Crippen molar-refractivity contribution >= 4 is 5.69 Å². The monoisotopic (exact) mass is 157 g/mol. The van der Waals surface area contributed by atoms with E-state index < -0.39 is 0 Å². The van der Waals surface area contributed by atoms with E-state index in [0.29, 0.717) is 0 Å². The van der Waals surface area contributed by atoms with Crippen LogP contribution in [0.25, 0.3) is 0 Å². The molecule has 0 fully saturated rings. The Bertz CT molecular complexity index is 347. The summed E-state index contributed by atoms with van der Waals surface area (Å²) in [5, 5.41) is 0. The number of anilines is 1. The zero-order valence-electron chi connectivity index (χ0n) is 7.17. The molecule has 1 nitrogen and oxygen atoms in total. The highest BCUT2D eigenvalue weighted by atomic mass is 15.1. The average molecular weight is 157 g/mol. The van der Waals surface area contributed by atoms with Gasteiger partial charge in [-0.3, -0.25) is 0 Å². The van der Waals surface area contributed by atoms with E-state index >= 15 is 0 Å². The number of rotatable bonds is 0. The highest BCUT2D eigenvalue weighted by molar-refractivity contribution is 5.60. The van der Waals surface area contributed by atoms with E-state index in [9.17, 15) is 0 Å². The minimum Gasteiger partial charge on any atom is -0.374 e. The quantitative estimate of drug-likeness (QED) is 0.518. The Hall–Kier alpha value is -1.42. The molecule has 0 bridgehead atoms. The van der Waals surface area contributed by atoms with Gasteiger partial charge in [0.1, 0.15) is 0 Å². The maximum atomic E-state index is 5.32. The van der Waals surface area contributed by atoms with E-state index in [-0.39, 0.29) is 0 Å². The van der Waals surface area contributed by atoms with E-state index in [1.807, 2.05) is 6.07 Å². The van der Waals surface area contributed by atoms with Crippen LogP contribution in [0.15, 0.2) is 18.2 Å². The molecule has 0 saturated heterocycles. The second kappa shape index (κ2) is 2.57. The van der Waals surface area contributed by atoms with E-state index in [2.05, 4.69) is 30.0 Å². The number of nitrogens with zero attached hydrogens (tertiary/aromatic N) is 1. The fourth-order valence-corrected chi connectivity index (χ4v) is 1.63. The largest absolute Gasteiger partial charge is 0.374 e. The Balaban J connectivity index is 2.52. The van der Waals surface area contributed by atoms with E-state index in [1.54, 1.807) is 0 Å². The second-order valence-electron chi connectivity index (χ2n) is 3.16. The molecule has 0 aliphatic carbocycles. The van der Waals surface area contributed by atoms with Crippen LogP contribution < -0.4 is 4.90 Å². The number of benzene rings is 1. The molecular formula is C11H11N. The van der Waals surface area contributed by atoms with Gasteiger partial charge in [-0.1, -0.05) is 12.0 Å². The molecule has 0 saturated carbocycles. The Morgan fingerprint density at radius 1 is 1.50 bits per heavy atom. The van der Waals surface area contributed by atoms with Gasteiger partial charge in [0, 0.05) is 24.8 Å². The molecule has 0 radical (unpaired) electrons. The van der Waals surface area contributed by atoms with Crippen LogP contribution in [0.3, 0.4) is 0 Å². The number of terminal acetylenes is 1. The lowest BCUT2D eigenvalue weighted by Crippen LogP contribution is -2.12. The minimum atomic E-state index is 0.975. The third-order valence-electron chi connectivity index (χ3n) is 2.38. The van der Waals surface area contributed by atoms with E-state index in [1.165, 1.54) is 11.3 Å². The van der Waals surface area contributed by atoms with E-state index in [0.717, 1.165) is 18.5 Å². The highest BCUT2D eigenvalue weighted by Gasteiger charge is 2.14. The molecule has 1 aliphatic rings. The van der Waals surface area contributed by atoms with Gasteiger partial charge in [0.2, 0.25) is 0 Å². The van der Waals surface area contributed by atoms with Crippen LogP contribution in [0.5, 0.6) is 0 Å². The van der Waals surface area contributed by atoms with Gasteiger partial charge >= 0.3 is 0 Å². The van der Waals surface area contributed by atoms with Crippen LogP contribution in [-0.4, -0.2) is 13.6 Å². The van der Waals surface area contributed by atoms with Crippen LogP contribution in [0.2, 0.25) is 0 Å². The summed E-state index contributed by atoms with van der Waals surface area (Å²) in [7, 11) is 2.10. The first-order valence-corrected chi connectivity index (χ1v) is 4.12. The van der Waals surface area contributed by atoms with Gasteiger partial charge in [-0.2, -0.15) is 0 Å². The van der Waals surface area contributed by atoms with Gasteiger partial charge in [0.25, 0.3) is 0 Å². The number of hydrogen-bond donors (Lipinski definition) is 0. The molecule has 1 aromatic rings. The predicted molar refractivity (Wildman–Crippen MR) is 51.4 cm³/mol. The van der Waals surface area contributed by atoms with Gasteiger partial charge < -0.3 is 4.90 Å². The standard InChI is InChI=1S/C11H11N/c1-3-9-4-5-10-6-7-12(2)11(10)8-9/h1,4-5,8H,6-7H2,2H3. The van der Waals surface area contributed by atoms with Crippen LogP contribution in [0.1, 0.15) is 11.1 Å². The Morgan fingerprint density at radius 2 is 2.33 bits per heavy atom. The molecule has 0 spiro atoms. The lowest BCUT2D eigenvalue weighted by Gasteiger charge is -2.11. The van der Waals surface area contributed by atoms with Gasteiger partial charge in [0.05, 0.1) is 0 Å². The van der Waals surface area contributed by atoms with Crippen molar-refractivity contribution in [2.45, 2.75) is 6.42 Å². The van der Waals surface area contributed by atoms with Gasteiger partial charge in [-0.25, -0.2) is 0 Å². The number of likely N-dealkylation sites (N-methyl/N-ethyl adjacent to an activating group) is 1. The first kappa shape index (κ1) is 7.24. The van der Waals surface area contributed by atoms with Crippen molar-refractivity contribution in [3.63, 3.8) is 0 Å². The minimum absolute atomic E-state index is 0.975. The molecule has 1 aliphatic heterocycles. The summed E-state index contributed by atoms with van der Waals surface area (Å²) in [6.45, 7) is 1.11. The van der Waals surface area contributed by atoms with Crippen molar-refractivity contribution < 1.29 is 0 Å². The third kappa shape index (κ3) is 0.967. The summed E-state index contributed by atoms with van der Waals surface area (Å²) < 4.78 is 0. The van der Waals surface area contributed by atoms with Gasteiger partial charge in [-0.15, -0.1) is 6.42 Å². The van der Waals surface area contributed by atoms with Crippen LogP contribution in [0.4, 0.5) is 5.69 Å². The van der Waals surface area contributed by atoms with Crippen molar-refractivity contribution in [2.75, 3.05) is 18.5 Å². The molecule has 2 rings (SSSR count). The summed E-state index contributed by atoms with van der Waals surface area (Å²) in [5.41, 5.74) is 3.68. The summed E-state index contributed by atoms with van der Waals surface area (Å²) >= 11 is 0. The first-order chi connectivity index (χ1) is 5.81. The smallest absolute Gasteiger partial charge is 0.0409 e. The molecule has 0 amide bonds. The predicted octanol–water partition coefficient (Wildman–Crippen LogP) is 1.66. The topological polar surface area (TPSA) is 3.24 Å². The first-order valence-electron chi connectivity index (χ1n) is 4.12. The van der Waals surface area contributed by atoms with Crippen LogP contribution in [-0.2, 0) is 6.42 Å². The number of fused-ring (bicyclic) bond motifs is 1. The maximum absolute atomic E-state index is 5.32. The fourth-order valence-electron chi connectivity index (χ4n) is 1.63. The zero-order chi connectivity index (χ0) is 8.55. The molecule has 0 aromatic heterocycles. The van der Waals surface area contributed by atoms with Crippen molar-refractivity contribution in [2.24, 2.45) is 0 Å². The molecule has 0 atom stereocenters. The lowest BCUT2D eigenvalue weighted by atomic mass is 10.1. The SMILES string of the molecule is C#Cc1ccc2c(c1)N(C)CC2. The molecule has 12 heavy (non-hydrogen) atoms. The number of hydrogen-bond acceptors (Lipinski definition) is 1. The van der Waals surface area contributed by atoms with E-state index in [4.69, 9.17) is 6.42 Å². The highest BCUT2D eigenvalue weighted by Crippen LogP contribution is 2.27. The Labute approximate surface area is 73.0 Å². The van der Waals surface area contributed by atoms with Crippen LogP contribution >= 0.6 is 0 Å².